The monoisotopic (exact) mass is 394 g/mol. The highest BCUT2D eigenvalue weighted by Gasteiger charge is 2.29. The number of piperidine rings is 1. The maximum absolute atomic E-state index is 12.8. The molecule has 1 fully saturated rings. The number of nitrogens with zero attached hydrogens (tertiary/aromatic N) is 7. The van der Waals surface area contributed by atoms with Gasteiger partial charge in [-0.3, -0.25) is 4.79 Å². The number of aromatic nitrogens is 6. The van der Waals surface area contributed by atoms with E-state index in [1.807, 2.05) is 23.3 Å². The maximum atomic E-state index is 12.8. The number of amides is 1. The first kappa shape index (κ1) is 19.2. The summed E-state index contributed by atoms with van der Waals surface area (Å²) in [5.41, 5.74) is 2.21. The molecular formula is C20H26N8O. The molecule has 1 amide bonds. The van der Waals surface area contributed by atoms with Gasteiger partial charge in [-0.1, -0.05) is 6.92 Å². The van der Waals surface area contributed by atoms with Crippen LogP contribution >= 0.6 is 0 Å². The topological polar surface area (TPSA) is 102 Å². The predicted molar refractivity (Wildman–Crippen MR) is 110 cm³/mol. The molecule has 0 radical (unpaired) electrons. The molecule has 4 heterocycles. The number of hydrogen-bond acceptors (Lipinski definition) is 7. The zero-order valence-corrected chi connectivity index (χ0v) is 17.1. The van der Waals surface area contributed by atoms with E-state index >= 15 is 0 Å². The number of carbonyl (C=O) groups is 1. The van der Waals surface area contributed by atoms with Crippen molar-refractivity contribution in [2.75, 3.05) is 18.4 Å². The van der Waals surface area contributed by atoms with E-state index in [0.29, 0.717) is 23.7 Å². The van der Waals surface area contributed by atoms with Crippen LogP contribution in [0.3, 0.4) is 0 Å². The van der Waals surface area contributed by atoms with Crippen LogP contribution in [-0.4, -0.2) is 59.4 Å². The highest BCUT2D eigenvalue weighted by molar-refractivity contribution is 5.90. The normalized spacial score (nSPS) is 17.1. The first-order valence-corrected chi connectivity index (χ1v) is 10.2. The van der Waals surface area contributed by atoms with Gasteiger partial charge in [-0.15, -0.1) is 0 Å². The standard InChI is InChI=1S/C20H26N8O/c1-4-8-27-9-6-7-15(20(27)29)25-17-16-19(24-12-23-17)28(5-2)18(26-16)14-10-21-13(3)22-11-14/h10-12,15H,4-9H2,1-3H3,(H,23,24,25)/t15-/m1/s1. The molecule has 1 N–H and O–H groups in total. The molecule has 0 aromatic carbocycles. The summed E-state index contributed by atoms with van der Waals surface area (Å²) in [4.78, 5) is 37.0. The van der Waals surface area contributed by atoms with Crippen LogP contribution in [0.5, 0.6) is 0 Å². The van der Waals surface area contributed by atoms with E-state index < -0.39 is 0 Å². The van der Waals surface area contributed by atoms with E-state index in [1.165, 1.54) is 6.33 Å². The van der Waals surface area contributed by atoms with Gasteiger partial charge < -0.3 is 14.8 Å². The summed E-state index contributed by atoms with van der Waals surface area (Å²) < 4.78 is 2.02. The quantitative estimate of drug-likeness (QED) is 0.685. The fraction of sp³-hybridized carbons (Fsp3) is 0.500. The number of anilines is 1. The Morgan fingerprint density at radius 3 is 2.69 bits per heavy atom. The number of nitrogens with one attached hydrogen (secondary N) is 1. The Morgan fingerprint density at radius 1 is 1.17 bits per heavy atom. The van der Waals surface area contributed by atoms with Crippen LogP contribution in [0.2, 0.25) is 0 Å². The highest BCUT2D eigenvalue weighted by atomic mass is 16.2. The third kappa shape index (κ3) is 3.64. The molecule has 1 saturated heterocycles. The van der Waals surface area contributed by atoms with E-state index in [-0.39, 0.29) is 11.9 Å². The average molecular weight is 394 g/mol. The molecule has 0 bridgehead atoms. The largest absolute Gasteiger partial charge is 0.356 e. The molecule has 1 atom stereocenters. The van der Waals surface area contributed by atoms with Crippen LogP contribution < -0.4 is 5.32 Å². The van der Waals surface area contributed by atoms with E-state index in [2.05, 4.69) is 32.2 Å². The average Bonchev–Trinajstić information content (AvgIpc) is 3.11. The van der Waals surface area contributed by atoms with Crippen molar-refractivity contribution >= 4 is 22.9 Å². The van der Waals surface area contributed by atoms with Crippen LogP contribution in [0.1, 0.15) is 38.9 Å². The number of hydrogen-bond donors (Lipinski definition) is 1. The van der Waals surface area contributed by atoms with Gasteiger partial charge in [0.15, 0.2) is 17.0 Å². The van der Waals surface area contributed by atoms with E-state index in [4.69, 9.17) is 4.98 Å². The Morgan fingerprint density at radius 2 is 1.97 bits per heavy atom. The highest BCUT2D eigenvalue weighted by Crippen LogP contribution is 2.27. The molecule has 0 aliphatic carbocycles. The van der Waals surface area contributed by atoms with Gasteiger partial charge in [-0.25, -0.2) is 24.9 Å². The zero-order valence-electron chi connectivity index (χ0n) is 17.1. The number of imidazole rings is 1. The number of carbonyl (C=O) groups excluding carboxylic acids is 1. The number of likely N-dealkylation sites (tertiary alicyclic amines) is 1. The molecule has 3 aromatic heterocycles. The summed E-state index contributed by atoms with van der Waals surface area (Å²) in [5, 5.41) is 3.34. The van der Waals surface area contributed by atoms with Crippen LogP contribution in [0.4, 0.5) is 5.82 Å². The molecule has 1 aliphatic rings. The lowest BCUT2D eigenvalue weighted by Gasteiger charge is -2.32. The second kappa shape index (κ2) is 8.10. The van der Waals surface area contributed by atoms with Gasteiger partial charge in [-0.2, -0.15) is 0 Å². The first-order chi connectivity index (χ1) is 14.1. The van der Waals surface area contributed by atoms with E-state index in [0.717, 1.165) is 49.4 Å². The van der Waals surface area contributed by atoms with Crippen molar-refractivity contribution in [3.05, 3.63) is 24.5 Å². The molecule has 3 aromatic rings. The lowest BCUT2D eigenvalue weighted by molar-refractivity contribution is -0.134. The minimum atomic E-state index is -0.286. The Bertz CT molecular complexity index is 1010. The SMILES string of the molecule is CCCN1CCC[C@@H](Nc2ncnc3c2nc(-c2cnc(C)nc2)n3CC)C1=O. The third-order valence-corrected chi connectivity index (χ3v) is 5.22. The molecule has 152 valence electrons. The molecule has 1 aliphatic heterocycles. The van der Waals surface area contributed by atoms with Crippen molar-refractivity contribution < 1.29 is 4.79 Å². The summed E-state index contributed by atoms with van der Waals surface area (Å²) in [7, 11) is 0. The minimum absolute atomic E-state index is 0.131. The second-order valence-corrected chi connectivity index (χ2v) is 7.26. The van der Waals surface area contributed by atoms with Crippen molar-refractivity contribution in [3.63, 3.8) is 0 Å². The Hall–Kier alpha value is -3.10. The second-order valence-electron chi connectivity index (χ2n) is 7.26. The van der Waals surface area contributed by atoms with Crippen LogP contribution in [-0.2, 0) is 11.3 Å². The van der Waals surface area contributed by atoms with Gasteiger partial charge in [-0.05, 0) is 33.1 Å². The Balaban J connectivity index is 1.71. The molecule has 29 heavy (non-hydrogen) atoms. The van der Waals surface area contributed by atoms with E-state index in [9.17, 15) is 4.79 Å². The molecule has 9 heteroatoms. The van der Waals surface area contributed by atoms with Crippen molar-refractivity contribution in [2.45, 2.75) is 52.6 Å². The van der Waals surface area contributed by atoms with Gasteiger partial charge in [0.25, 0.3) is 0 Å². The minimum Gasteiger partial charge on any atom is -0.356 e. The van der Waals surface area contributed by atoms with Crippen molar-refractivity contribution in [3.8, 4) is 11.4 Å². The van der Waals surface area contributed by atoms with Gasteiger partial charge >= 0.3 is 0 Å². The zero-order chi connectivity index (χ0) is 20.4. The van der Waals surface area contributed by atoms with Crippen LogP contribution in [0.15, 0.2) is 18.7 Å². The van der Waals surface area contributed by atoms with Crippen molar-refractivity contribution in [2.24, 2.45) is 0 Å². The van der Waals surface area contributed by atoms with Crippen molar-refractivity contribution in [1.82, 2.24) is 34.4 Å². The van der Waals surface area contributed by atoms with Gasteiger partial charge in [0.1, 0.15) is 24.0 Å². The summed E-state index contributed by atoms with van der Waals surface area (Å²) in [5.74, 6) is 2.18. The summed E-state index contributed by atoms with van der Waals surface area (Å²) in [6.45, 7) is 8.30. The third-order valence-electron chi connectivity index (χ3n) is 5.22. The molecular weight excluding hydrogens is 368 g/mol. The molecule has 9 nitrogen and oxygen atoms in total. The van der Waals surface area contributed by atoms with E-state index in [1.54, 1.807) is 12.4 Å². The summed E-state index contributed by atoms with van der Waals surface area (Å²) >= 11 is 0. The number of rotatable bonds is 6. The smallest absolute Gasteiger partial charge is 0.245 e. The van der Waals surface area contributed by atoms with Gasteiger partial charge in [0, 0.05) is 32.0 Å². The lowest BCUT2D eigenvalue weighted by Crippen LogP contribution is -2.47. The Labute approximate surface area is 169 Å². The fourth-order valence-electron chi connectivity index (χ4n) is 3.80. The number of fused-ring (bicyclic) bond motifs is 1. The molecule has 0 spiro atoms. The van der Waals surface area contributed by atoms with Crippen LogP contribution in [0.25, 0.3) is 22.6 Å². The number of aryl methyl sites for hydroxylation is 2. The van der Waals surface area contributed by atoms with Gasteiger partial charge in [0.05, 0.1) is 5.56 Å². The molecule has 4 rings (SSSR count). The lowest BCUT2D eigenvalue weighted by atomic mass is 10.0. The molecule has 0 unspecified atom stereocenters. The Kier molecular flexibility index (Phi) is 5.37. The predicted octanol–water partition coefficient (Wildman–Crippen LogP) is 2.42. The van der Waals surface area contributed by atoms with Crippen molar-refractivity contribution in [1.29, 1.82) is 0 Å². The summed E-state index contributed by atoms with van der Waals surface area (Å²) in [6.07, 6.45) is 7.78. The van der Waals surface area contributed by atoms with Gasteiger partial charge in [0.2, 0.25) is 5.91 Å². The summed E-state index contributed by atoms with van der Waals surface area (Å²) in [6, 6.07) is -0.286. The fourth-order valence-corrected chi connectivity index (χ4v) is 3.80. The van der Waals surface area contributed by atoms with Crippen LogP contribution in [0, 0.1) is 6.92 Å². The molecule has 0 saturated carbocycles. The maximum Gasteiger partial charge on any atom is 0.245 e. The first-order valence-electron chi connectivity index (χ1n) is 10.2.